The highest BCUT2D eigenvalue weighted by molar-refractivity contribution is 6.62. The molecule has 2 aromatic rings. The van der Waals surface area contributed by atoms with Crippen molar-refractivity contribution >= 4 is 12.6 Å². The van der Waals surface area contributed by atoms with Gasteiger partial charge in [0, 0.05) is 18.5 Å². The Balaban J connectivity index is 1.97. The topological polar surface area (TPSA) is 66.2 Å². The fourth-order valence-electron chi connectivity index (χ4n) is 2.21. The molecule has 0 N–H and O–H groups in total. The maximum Gasteiger partial charge on any atom is 0.495 e. The summed E-state index contributed by atoms with van der Waals surface area (Å²) in [5.74, 6) is 0.442. The first-order valence-electron chi connectivity index (χ1n) is 7.16. The van der Waals surface area contributed by atoms with Gasteiger partial charge in [-0.25, -0.2) is 4.98 Å². The van der Waals surface area contributed by atoms with E-state index in [0.717, 1.165) is 5.46 Å². The quantitative estimate of drug-likeness (QED) is 0.772. The first-order chi connectivity index (χ1) is 10.3. The van der Waals surface area contributed by atoms with E-state index >= 15 is 0 Å². The third-order valence-electron chi connectivity index (χ3n) is 4.23. The highest BCUT2D eigenvalue weighted by atomic mass is 16.7. The summed E-state index contributed by atoms with van der Waals surface area (Å²) in [6.45, 7) is 7.99. The van der Waals surface area contributed by atoms with E-state index < -0.39 is 18.3 Å². The fourth-order valence-corrected chi connectivity index (χ4v) is 2.21. The van der Waals surface area contributed by atoms with Crippen LogP contribution in [0.4, 0.5) is 0 Å². The molecule has 0 amide bonds. The molecule has 2 aromatic heterocycles. The van der Waals surface area contributed by atoms with Gasteiger partial charge in [0.2, 0.25) is 0 Å². The second-order valence-corrected chi connectivity index (χ2v) is 6.31. The van der Waals surface area contributed by atoms with Crippen LogP contribution >= 0.6 is 0 Å². The molecule has 3 rings (SSSR count). The second-order valence-electron chi connectivity index (χ2n) is 6.31. The van der Waals surface area contributed by atoms with Gasteiger partial charge in [-0.1, -0.05) is 0 Å². The van der Waals surface area contributed by atoms with Gasteiger partial charge in [-0.05, 0) is 51.4 Å². The van der Waals surface area contributed by atoms with Crippen molar-refractivity contribution in [2.24, 2.45) is 0 Å². The SMILES string of the molecule is CC1(C)OB(c2ccnc(-n3ncccc3=O)c2)OC1(C)C. The average Bonchev–Trinajstić information content (AvgIpc) is 2.68. The Hall–Kier alpha value is -1.99. The van der Waals surface area contributed by atoms with E-state index in [1.165, 1.54) is 10.7 Å². The maximum absolute atomic E-state index is 11.9. The lowest BCUT2D eigenvalue weighted by Crippen LogP contribution is -2.41. The molecule has 3 heterocycles. The predicted molar refractivity (Wildman–Crippen MR) is 83.3 cm³/mol. The summed E-state index contributed by atoms with van der Waals surface area (Å²) in [5.41, 5.74) is -0.256. The molecule has 0 atom stereocenters. The van der Waals surface area contributed by atoms with Gasteiger partial charge in [0.05, 0.1) is 11.2 Å². The van der Waals surface area contributed by atoms with E-state index in [1.54, 1.807) is 24.5 Å². The minimum absolute atomic E-state index is 0.235. The van der Waals surface area contributed by atoms with E-state index in [-0.39, 0.29) is 5.56 Å². The van der Waals surface area contributed by atoms with Gasteiger partial charge in [-0.15, -0.1) is 0 Å². The van der Waals surface area contributed by atoms with Crippen LogP contribution in [0.1, 0.15) is 27.7 Å². The molecular weight excluding hydrogens is 281 g/mol. The smallest absolute Gasteiger partial charge is 0.399 e. The normalized spacial score (nSPS) is 19.4. The van der Waals surface area contributed by atoms with Gasteiger partial charge in [0.25, 0.3) is 5.56 Å². The van der Waals surface area contributed by atoms with Crippen LogP contribution in [0.3, 0.4) is 0 Å². The number of pyridine rings is 1. The molecule has 22 heavy (non-hydrogen) atoms. The van der Waals surface area contributed by atoms with Crippen LogP contribution < -0.4 is 11.0 Å². The van der Waals surface area contributed by atoms with Gasteiger partial charge in [-0.2, -0.15) is 9.78 Å². The first kappa shape index (κ1) is 14.9. The van der Waals surface area contributed by atoms with Crippen LogP contribution in [-0.2, 0) is 9.31 Å². The van der Waals surface area contributed by atoms with Crippen LogP contribution in [0.25, 0.3) is 5.82 Å². The molecule has 0 unspecified atom stereocenters. The molecule has 1 fully saturated rings. The molecule has 7 heteroatoms. The molecule has 114 valence electrons. The summed E-state index contributed by atoms with van der Waals surface area (Å²) in [6, 6.07) is 6.61. The van der Waals surface area contributed by atoms with Crippen LogP contribution in [-0.4, -0.2) is 33.1 Å². The van der Waals surface area contributed by atoms with E-state index in [4.69, 9.17) is 9.31 Å². The van der Waals surface area contributed by atoms with E-state index in [9.17, 15) is 4.79 Å². The molecule has 0 radical (unpaired) electrons. The number of aromatic nitrogens is 3. The molecule has 0 aromatic carbocycles. The lowest BCUT2D eigenvalue weighted by atomic mass is 9.80. The van der Waals surface area contributed by atoms with Crippen molar-refractivity contribution in [1.82, 2.24) is 14.8 Å². The molecule has 0 bridgehead atoms. The Morgan fingerprint density at radius 1 is 1.09 bits per heavy atom. The van der Waals surface area contributed by atoms with Crippen LogP contribution in [0.2, 0.25) is 0 Å². The van der Waals surface area contributed by atoms with Crippen LogP contribution in [0.5, 0.6) is 0 Å². The average molecular weight is 299 g/mol. The van der Waals surface area contributed by atoms with Gasteiger partial charge >= 0.3 is 7.12 Å². The Bertz CT molecular complexity index is 741. The van der Waals surface area contributed by atoms with Gasteiger partial charge < -0.3 is 9.31 Å². The molecule has 1 aliphatic rings. The van der Waals surface area contributed by atoms with Crippen LogP contribution in [0, 0.1) is 0 Å². The van der Waals surface area contributed by atoms with Crippen molar-refractivity contribution in [3.8, 4) is 5.82 Å². The lowest BCUT2D eigenvalue weighted by Gasteiger charge is -2.32. The predicted octanol–water partition coefficient (Wildman–Crippen LogP) is 0.927. The van der Waals surface area contributed by atoms with E-state index in [1.807, 2.05) is 33.8 Å². The summed E-state index contributed by atoms with van der Waals surface area (Å²) in [5, 5.41) is 4.03. The summed E-state index contributed by atoms with van der Waals surface area (Å²) >= 11 is 0. The lowest BCUT2D eigenvalue weighted by molar-refractivity contribution is 0.00578. The third-order valence-corrected chi connectivity index (χ3v) is 4.23. The zero-order chi connectivity index (χ0) is 16.0. The van der Waals surface area contributed by atoms with Crippen molar-refractivity contribution in [3.05, 3.63) is 47.0 Å². The van der Waals surface area contributed by atoms with Crippen molar-refractivity contribution in [2.45, 2.75) is 38.9 Å². The van der Waals surface area contributed by atoms with Gasteiger partial charge in [-0.3, -0.25) is 4.79 Å². The standard InChI is InChI=1S/C15H18BN3O3/c1-14(2)15(3,4)22-16(21-14)11-7-9-17-12(10-11)19-13(20)6-5-8-18-19/h5-10H,1-4H3. The minimum atomic E-state index is -0.494. The van der Waals surface area contributed by atoms with Crippen molar-refractivity contribution in [2.75, 3.05) is 0 Å². The summed E-state index contributed by atoms with van der Waals surface area (Å²) in [4.78, 5) is 16.1. The zero-order valence-electron chi connectivity index (χ0n) is 13.1. The molecule has 0 spiro atoms. The minimum Gasteiger partial charge on any atom is -0.399 e. The van der Waals surface area contributed by atoms with Crippen LogP contribution in [0.15, 0.2) is 41.5 Å². The molecule has 6 nitrogen and oxygen atoms in total. The summed E-state index contributed by atoms with van der Waals surface area (Å²) in [6.07, 6.45) is 3.17. The molecular formula is C15H18BN3O3. The van der Waals surface area contributed by atoms with E-state index in [2.05, 4.69) is 10.1 Å². The Morgan fingerprint density at radius 2 is 1.77 bits per heavy atom. The van der Waals surface area contributed by atoms with E-state index in [0.29, 0.717) is 5.82 Å². The Labute approximate surface area is 129 Å². The highest BCUT2D eigenvalue weighted by Crippen LogP contribution is 2.36. The first-order valence-corrected chi connectivity index (χ1v) is 7.16. The fraction of sp³-hybridized carbons (Fsp3) is 0.400. The van der Waals surface area contributed by atoms with Gasteiger partial charge in [0.15, 0.2) is 5.82 Å². The number of rotatable bonds is 2. The number of nitrogens with zero attached hydrogens (tertiary/aromatic N) is 3. The monoisotopic (exact) mass is 299 g/mol. The summed E-state index contributed by atoms with van der Waals surface area (Å²) in [7, 11) is -0.494. The largest absolute Gasteiger partial charge is 0.495 e. The molecule has 1 saturated heterocycles. The second kappa shape index (κ2) is 5.03. The number of hydrogen-bond donors (Lipinski definition) is 0. The maximum atomic E-state index is 11.9. The summed E-state index contributed by atoms with van der Waals surface area (Å²) < 4.78 is 13.3. The molecule has 0 saturated carbocycles. The van der Waals surface area contributed by atoms with Crippen molar-refractivity contribution in [3.63, 3.8) is 0 Å². The van der Waals surface area contributed by atoms with Crippen molar-refractivity contribution < 1.29 is 9.31 Å². The number of hydrogen-bond acceptors (Lipinski definition) is 5. The molecule has 1 aliphatic heterocycles. The van der Waals surface area contributed by atoms with Gasteiger partial charge in [0.1, 0.15) is 0 Å². The Kier molecular flexibility index (Phi) is 3.42. The highest BCUT2D eigenvalue weighted by Gasteiger charge is 2.51. The Morgan fingerprint density at radius 3 is 2.41 bits per heavy atom. The molecule has 0 aliphatic carbocycles. The zero-order valence-corrected chi connectivity index (χ0v) is 13.1. The third kappa shape index (κ3) is 2.46. The van der Waals surface area contributed by atoms with Crippen molar-refractivity contribution in [1.29, 1.82) is 0 Å².